The van der Waals surface area contributed by atoms with E-state index in [1.807, 2.05) is 13.0 Å². The highest BCUT2D eigenvalue weighted by molar-refractivity contribution is 5.79. The van der Waals surface area contributed by atoms with Gasteiger partial charge in [0.1, 0.15) is 5.75 Å². The maximum absolute atomic E-state index is 11.4. The van der Waals surface area contributed by atoms with Gasteiger partial charge in [-0.15, -0.1) is 0 Å². The summed E-state index contributed by atoms with van der Waals surface area (Å²) in [6, 6.07) is 6.61. The Morgan fingerprint density at radius 2 is 1.67 bits per heavy atom. The molecule has 0 amide bonds. The number of carbonyl (C=O) groups is 1. The third-order valence-corrected chi connectivity index (χ3v) is 7.26. The van der Waals surface area contributed by atoms with Crippen molar-refractivity contribution in [3.05, 3.63) is 29.3 Å². The summed E-state index contributed by atoms with van der Waals surface area (Å²) in [5.74, 6) is 3.88. The van der Waals surface area contributed by atoms with E-state index < -0.39 is 0 Å². The smallest absolute Gasteiger partial charge is 0.153 e. The Morgan fingerprint density at radius 3 is 2.22 bits per heavy atom. The maximum Gasteiger partial charge on any atom is 0.153 e. The normalized spacial score (nSPS) is 29.9. The van der Waals surface area contributed by atoms with Crippen LogP contribution in [0.25, 0.3) is 0 Å². The molecule has 2 fully saturated rings. The van der Waals surface area contributed by atoms with Gasteiger partial charge in [-0.05, 0) is 106 Å². The van der Waals surface area contributed by atoms with Gasteiger partial charge in [-0.2, -0.15) is 0 Å². The zero-order valence-corrected chi connectivity index (χ0v) is 17.2. The average Bonchev–Trinajstić information content (AvgIpc) is 2.74. The minimum absolute atomic E-state index is 0.411. The van der Waals surface area contributed by atoms with E-state index in [0.717, 1.165) is 30.5 Å². The van der Waals surface area contributed by atoms with E-state index in [0.29, 0.717) is 29.9 Å². The van der Waals surface area contributed by atoms with Crippen molar-refractivity contribution in [2.75, 3.05) is 6.61 Å². The van der Waals surface area contributed by atoms with Crippen molar-refractivity contribution < 1.29 is 9.53 Å². The molecule has 3 rings (SSSR count). The Labute approximate surface area is 165 Å². The lowest BCUT2D eigenvalue weighted by Gasteiger charge is -2.39. The molecule has 0 bridgehead atoms. The average molecular weight is 372 g/mol. The number of rotatable bonds is 7. The Balaban J connectivity index is 1.53. The highest BCUT2D eigenvalue weighted by atomic mass is 16.5. The third-order valence-electron chi connectivity index (χ3n) is 7.26. The summed E-state index contributed by atoms with van der Waals surface area (Å²) in [4.78, 5) is 11.4. The summed E-state index contributed by atoms with van der Waals surface area (Å²) >= 11 is 0. The van der Waals surface area contributed by atoms with Crippen LogP contribution < -0.4 is 10.5 Å². The molecule has 2 aliphatic carbocycles. The maximum atomic E-state index is 11.4. The van der Waals surface area contributed by atoms with Gasteiger partial charge in [0.05, 0.1) is 12.2 Å². The molecule has 1 atom stereocenters. The van der Waals surface area contributed by atoms with E-state index in [1.54, 1.807) is 0 Å². The van der Waals surface area contributed by atoms with Crippen molar-refractivity contribution >= 4 is 6.29 Å². The number of nitrogens with two attached hydrogens (primary N) is 1. The third kappa shape index (κ3) is 4.93. The van der Waals surface area contributed by atoms with E-state index >= 15 is 0 Å². The van der Waals surface area contributed by atoms with Crippen LogP contribution >= 0.6 is 0 Å². The molecule has 0 aromatic heterocycles. The van der Waals surface area contributed by atoms with Crippen LogP contribution in [-0.2, 0) is 0 Å². The summed E-state index contributed by atoms with van der Waals surface area (Å²) in [5.41, 5.74) is 8.29. The zero-order chi connectivity index (χ0) is 19.2. The summed E-state index contributed by atoms with van der Waals surface area (Å²) in [6.45, 7) is 4.76. The number of aldehydes is 1. The van der Waals surface area contributed by atoms with Gasteiger partial charge in [0.25, 0.3) is 0 Å². The molecule has 1 aromatic rings. The van der Waals surface area contributed by atoms with Gasteiger partial charge in [0.15, 0.2) is 6.29 Å². The standard InChI is InChI=1S/C24H37NO2/c1-3-23(25)20-11-9-18(10-12-20)17-5-7-19(8-6-17)21-13-14-24(27-4-2)22(15-21)16-26/h13-20,23H,3-12,25H2,1-2H3. The molecule has 0 aliphatic heterocycles. The van der Waals surface area contributed by atoms with Crippen LogP contribution in [0.2, 0.25) is 0 Å². The molecule has 0 spiro atoms. The molecule has 0 saturated heterocycles. The van der Waals surface area contributed by atoms with Gasteiger partial charge >= 0.3 is 0 Å². The van der Waals surface area contributed by atoms with Gasteiger partial charge in [0, 0.05) is 6.04 Å². The lowest BCUT2D eigenvalue weighted by atomic mass is 9.67. The second kappa shape index (κ2) is 9.73. The molecule has 0 heterocycles. The van der Waals surface area contributed by atoms with Crippen LogP contribution in [0.15, 0.2) is 18.2 Å². The van der Waals surface area contributed by atoms with Crippen molar-refractivity contribution in [2.24, 2.45) is 23.5 Å². The molecular formula is C24H37NO2. The first-order chi connectivity index (χ1) is 13.2. The summed E-state index contributed by atoms with van der Waals surface area (Å²) in [6.07, 6.45) is 12.7. The number of ether oxygens (including phenoxy) is 1. The largest absolute Gasteiger partial charge is 0.493 e. The first-order valence-electron chi connectivity index (χ1n) is 11.1. The predicted octanol–water partition coefficient (Wildman–Crippen LogP) is 5.72. The minimum atomic E-state index is 0.411. The van der Waals surface area contributed by atoms with E-state index in [-0.39, 0.29) is 0 Å². The molecule has 2 saturated carbocycles. The molecule has 3 nitrogen and oxygen atoms in total. The lowest BCUT2D eigenvalue weighted by Crippen LogP contribution is -2.34. The number of hydrogen-bond acceptors (Lipinski definition) is 3. The van der Waals surface area contributed by atoms with Gasteiger partial charge in [-0.3, -0.25) is 4.79 Å². The first kappa shape index (κ1) is 20.4. The van der Waals surface area contributed by atoms with Crippen LogP contribution in [0.4, 0.5) is 0 Å². The van der Waals surface area contributed by atoms with Crippen LogP contribution in [0, 0.1) is 17.8 Å². The Hall–Kier alpha value is -1.35. The van der Waals surface area contributed by atoms with Crippen molar-refractivity contribution in [3.8, 4) is 5.75 Å². The van der Waals surface area contributed by atoms with Crippen LogP contribution in [-0.4, -0.2) is 18.9 Å². The number of benzene rings is 1. The molecule has 27 heavy (non-hydrogen) atoms. The number of hydrogen-bond donors (Lipinski definition) is 1. The molecule has 1 aromatic carbocycles. The summed E-state index contributed by atoms with van der Waals surface area (Å²) in [7, 11) is 0. The number of carbonyl (C=O) groups excluding carboxylic acids is 1. The fourth-order valence-corrected chi connectivity index (χ4v) is 5.50. The quantitative estimate of drug-likeness (QED) is 0.624. The monoisotopic (exact) mass is 371 g/mol. The minimum Gasteiger partial charge on any atom is -0.493 e. The second-order valence-electron chi connectivity index (χ2n) is 8.71. The summed E-state index contributed by atoms with van der Waals surface area (Å²) < 4.78 is 5.56. The van der Waals surface area contributed by atoms with Crippen molar-refractivity contribution in [3.63, 3.8) is 0 Å². The summed E-state index contributed by atoms with van der Waals surface area (Å²) in [5, 5.41) is 0. The first-order valence-corrected chi connectivity index (χ1v) is 11.1. The second-order valence-corrected chi connectivity index (χ2v) is 8.71. The molecule has 1 unspecified atom stereocenters. The van der Waals surface area contributed by atoms with Crippen LogP contribution in [0.1, 0.15) is 93.5 Å². The highest BCUT2D eigenvalue weighted by Crippen LogP contribution is 2.44. The highest BCUT2D eigenvalue weighted by Gasteiger charge is 2.32. The fraction of sp³-hybridized carbons (Fsp3) is 0.708. The van der Waals surface area contributed by atoms with Gasteiger partial charge < -0.3 is 10.5 Å². The van der Waals surface area contributed by atoms with Gasteiger partial charge in [-0.25, -0.2) is 0 Å². The topological polar surface area (TPSA) is 52.3 Å². The van der Waals surface area contributed by atoms with E-state index in [4.69, 9.17) is 10.5 Å². The van der Waals surface area contributed by atoms with Crippen LogP contribution in [0.5, 0.6) is 5.75 Å². The lowest BCUT2D eigenvalue weighted by molar-refractivity contribution is 0.111. The Kier molecular flexibility index (Phi) is 7.34. The molecule has 2 aliphatic rings. The fourth-order valence-electron chi connectivity index (χ4n) is 5.50. The SMILES string of the molecule is CCOc1ccc(C2CCC(C3CCC(C(N)CC)CC3)CC2)cc1C=O. The van der Waals surface area contributed by atoms with E-state index in [2.05, 4.69) is 19.1 Å². The molecular weight excluding hydrogens is 334 g/mol. The molecule has 0 radical (unpaired) electrons. The van der Waals surface area contributed by atoms with Gasteiger partial charge in [0.2, 0.25) is 0 Å². The van der Waals surface area contributed by atoms with Crippen LogP contribution in [0.3, 0.4) is 0 Å². The van der Waals surface area contributed by atoms with Crippen molar-refractivity contribution in [2.45, 2.75) is 83.6 Å². The van der Waals surface area contributed by atoms with Crippen molar-refractivity contribution in [1.29, 1.82) is 0 Å². The van der Waals surface area contributed by atoms with E-state index in [1.165, 1.54) is 56.9 Å². The van der Waals surface area contributed by atoms with Gasteiger partial charge in [-0.1, -0.05) is 13.0 Å². The molecule has 150 valence electrons. The predicted molar refractivity (Wildman–Crippen MR) is 111 cm³/mol. The molecule has 2 N–H and O–H groups in total. The van der Waals surface area contributed by atoms with E-state index in [9.17, 15) is 4.79 Å². The molecule has 3 heteroatoms. The Morgan fingerprint density at radius 1 is 1.04 bits per heavy atom. The Bertz CT molecular complexity index is 598. The zero-order valence-electron chi connectivity index (χ0n) is 17.2. The van der Waals surface area contributed by atoms with Crippen molar-refractivity contribution in [1.82, 2.24) is 0 Å².